The lowest BCUT2D eigenvalue weighted by Crippen LogP contribution is -2.43. The lowest BCUT2D eigenvalue weighted by molar-refractivity contribution is 0.0603. The van der Waals surface area contributed by atoms with Gasteiger partial charge in [-0.2, -0.15) is 0 Å². The number of hydrogen-bond donors (Lipinski definition) is 1. The molecule has 0 bridgehead atoms. The summed E-state index contributed by atoms with van der Waals surface area (Å²) in [5.74, 6) is -0.287. The standard InChI is InChI=1S/C15H19N3O2/c1-17-10-13(15(19)20-2)12-4-3-11(9-14(12)17)18-7-5-16-6-8-18/h3-4,9-10,16H,5-8H2,1-2H3. The Morgan fingerprint density at radius 2 is 2.05 bits per heavy atom. The van der Waals surface area contributed by atoms with Gasteiger partial charge in [-0.05, 0) is 18.2 Å². The Bertz CT molecular complexity index is 642. The van der Waals surface area contributed by atoms with Crippen LogP contribution < -0.4 is 10.2 Å². The highest BCUT2D eigenvalue weighted by molar-refractivity contribution is 6.05. The van der Waals surface area contributed by atoms with E-state index in [1.54, 1.807) is 0 Å². The molecule has 1 aromatic heterocycles. The molecule has 1 aromatic carbocycles. The molecule has 0 unspecified atom stereocenters. The number of aryl methyl sites for hydroxylation is 1. The number of esters is 1. The van der Waals surface area contributed by atoms with Crippen molar-refractivity contribution >= 4 is 22.6 Å². The normalized spacial score (nSPS) is 15.6. The molecular formula is C15H19N3O2. The number of piperazine rings is 1. The number of nitrogens with one attached hydrogen (secondary N) is 1. The third-order valence-corrected chi connectivity index (χ3v) is 3.86. The highest BCUT2D eigenvalue weighted by atomic mass is 16.5. The van der Waals surface area contributed by atoms with E-state index < -0.39 is 0 Å². The zero-order valence-corrected chi connectivity index (χ0v) is 11.8. The number of ether oxygens (including phenoxy) is 1. The fraction of sp³-hybridized carbons (Fsp3) is 0.400. The number of fused-ring (bicyclic) bond motifs is 1. The molecule has 106 valence electrons. The average Bonchev–Trinajstić information content (AvgIpc) is 2.84. The summed E-state index contributed by atoms with van der Waals surface area (Å²) >= 11 is 0. The Morgan fingerprint density at radius 3 is 2.75 bits per heavy atom. The molecule has 1 aliphatic heterocycles. The van der Waals surface area contributed by atoms with E-state index in [9.17, 15) is 4.79 Å². The summed E-state index contributed by atoms with van der Waals surface area (Å²) in [5, 5.41) is 4.29. The highest BCUT2D eigenvalue weighted by Gasteiger charge is 2.16. The maximum absolute atomic E-state index is 11.8. The summed E-state index contributed by atoms with van der Waals surface area (Å²) in [6, 6.07) is 6.24. The molecule has 20 heavy (non-hydrogen) atoms. The van der Waals surface area contributed by atoms with Crippen LogP contribution in [0.25, 0.3) is 10.9 Å². The quantitative estimate of drug-likeness (QED) is 0.840. The number of hydrogen-bond acceptors (Lipinski definition) is 4. The lowest BCUT2D eigenvalue weighted by Gasteiger charge is -2.29. The largest absolute Gasteiger partial charge is 0.465 e. The molecule has 5 heteroatoms. The Labute approximate surface area is 118 Å². The molecular weight excluding hydrogens is 254 g/mol. The number of carbonyl (C=O) groups excluding carboxylic acids is 1. The minimum Gasteiger partial charge on any atom is -0.465 e. The first kappa shape index (κ1) is 13.0. The molecule has 0 amide bonds. The van der Waals surface area contributed by atoms with Crippen molar-refractivity contribution in [2.45, 2.75) is 0 Å². The molecule has 0 radical (unpaired) electrons. The molecule has 2 aromatic rings. The second kappa shape index (κ2) is 5.17. The van der Waals surface area contributed by atoms with Gasteiger partial charge in [0.2, 0.25) is 0 Å². The molecule has 0 saturated carbocycles. The maximum Gasteiger partial charge on any atom is 0.340 e. The second-order valence-corrected chi connectivity index (χ2v) is 5.08. The summed E-state index contributed by atoms with van der Waals surface area (Å²) in [5.41, 5.74) is 2.88. The van der Waals surface area contributed by atoms with Crippen molar-refractivity contribution in [2.24, 2.45) is 7.05 Å². The van der Waals surface area contributed by atoms with E-state index >= 15 is 0 Å². The summed E-state index contributed by atoms with van der Waals surface area (Å²) < 4.78 is 6.81. The molecule has 0 aliphatic carbocycles. The van der Waals surface area contributed by atoms with Gasteiger partial charge in [0.05, 0.1) is 18.2 Å². The Kier molecular flexibility index (Phi) is 3.36. The lowest BCUT2D eigenvalue weighted by atomic mass is 10.1. The van der Waals surface area contributed by atoms with E-state index in [0.29, 0.717) is 5.56 Å². The first-order chi connectivity index (χ1) is 9.70. The summed E-state index contributed by atoms with van der Waals surface area (Å²) in [6.45, 7) is 4.05. The van der Waals surface area contributed by atoms with E-state index in [1.807, 2.05) is 23.9 Å². The number of methoxy groups -OCH3 is 1. The fourth-order valence-corrected chi connectivity index (χ4v) is 2.76. The molecule has 3 rings (SSSR count). The Balaban J connectivity index is 2.03. The number of anilines is 1. The van der Waals surface area contributed by atoms with Gasteiger partial charge in [-0.3, -0.25) is 0 Å². The van der Waals surface area contributed by atoms with Crippen molar-refractivity contribution in [2.75, 3.05) is 38.2 Å². The van der Waals surface area contributed by atoms with Crippen molar-refractivity contribution in [1.82, 2.24) is 9.88 Å². The van der Waals surface area contributed by atoms with Gasteiger partial charge in [0.15, 0.2) is 0 Å². The molecule has 1 aliphatic rings. The van der Waals surface area contributed by atoms with Crippen LogP contribution in [0.2, 0.25) is 0 Å². The number of nitrogens with zero attached hydrogens (tertiary/aromatic N) is 2. The SMILES string of the molecule is COC(=O)c1cn(C)c2cc(N3CCNCC3)ccc12. The maximum atomic E-state index is 11.8. The van der Waals surface area contributed by atoms with Gasteiger partial charge in [-0.1, -0.05) is 0 Å². The van der Waals surface area contributed by atoms with Crippen LogP contribution in [-0.2, 0) is 11.8 Å². The van der Waals surface area contributed by atoms with Gasteiger partial charge in [-0.15, -0.1) is 0 Å². The first-order valence-electron chi connectivity index (χ1n) is 6.84. The average molecular weight is 273 g/mol. The van der Waals surface area contributed by atoms with Crippen molar-refractivity contribution in [3.8, 4) is 0 Å². The minimum atomic E-state index is -0.287. The van der Waals surface area contributed by atoms with Crippen LogP contribution in [-0.4, -0.2) is 43.8 Å². The topological polar surface area (TPSA) is 46.5 Å². The van der Waals surface area contributed by atoms with Crippen molar-refractivity contribution in [1.29, 1.82) is 0 Å². The van der Waals surface area contributed by atoms with E-state index in [-0.39, 0.29) is 5.97 Å². The van der Waals surface area contributed by atoms with Gasteiger partial charge < -0.3 is 19.5 Å². The molecule has 1 saturated heterocycles. The molecule has 0 atom stereocenters. The van der Waals surface area contributed by atoms with E-state index in [0.717, 1.165) is 37.1 Å². The number of rotatable bonds is 2. The number of benzene rings is 1. The fourth-order valence-electron chi connectivity index (χ4n) is 2.76. The van der Waals surface area contributed by atoms with Crippen LogP contribution >= 0.6 is 0 Å². The first-order valence-corrected chi connectivity index (χ1v) is 6.84. The number of aromatic nitrogens is 1. The van der Waals surface area contributed by atoms with Crippen LogP contribution in [0.5, 0.6) is 0 Å². The third kappa shape index (κ3) is 2.14. The van der Waals surface area contributed by atoms with Crippen LogP contribution in [0.15, 0.2) is 24.4 Å². The molecule has 0 spiro atoms. The number of carbonyl (C=O) groups is 1. The molecule has 5 nitrogen and oxygen atoms in total. The second-order valence-electron chi connectivity index (χ2n) is 5.08. The third-order valence-electron chi connectivity index (χ3n) is 3.86. The van der Waals surface area contributed by atoms with E-state index in [2.05, 4.69) is 22.3 Å². The highest BCUT2D eigenvalue weighted by Crippen LogP contribution is 2.26. The van der Waals surface area contributed by atoms with Crippen LogP contribution in [0.3, 0.4) is 0 Å². The molecule has 1 fully saturated rings. The van der Waals surface area contributed by atoms with E-state index in [1.165, 1.54) is 12.8 Å². The smallest absolute Gasteiger partial charge is 0.340 e. The van der Waals surface area contributed by atoms with Crippen molar-refractivity contribution in [3.63, 3.8) is 0 Å². The summed E-state index contributed by atoms with van der Waals surface area (Å²) in [7, 11) is 3.37. The predicted molar refractivity (Wildman–Crippen MR) is 79.3 cm³/mol. The van der Waals surface area contributed by atoms with Crippen LogP contribution in [0.1, 0.15) is 10.4 Å². The molecule has 2 heterocycles. The van der Waals surface area contributed by atoms with Gasteiger partial charge in [-0.25, -0.2) is 4.79 Å². The summed E-state index contributed by atoms with van der Waals surface area (Å²) in [6.07, 6.45) is 1.83. The summed E-state index contributed by atoms with van der Waals surface area (Å²) in [4.78, 5) is 14.1. The monoisotopic (exact) mass is 273 g/mol. The van der Waals surface area contributed by atoms with Gasteiger partial charge in [0.1, 0.15) is 0 Å². The predicted octanol–water partition coefficient (Wildman–Crippen LogP) is 1.37. The Morgan fingerprint density at radius 1 is 1.30 bits per heavy atom. The Hall–Kier alpha value is -2.01. The van der Waals surface area contributed by atoms with Crippen LogP contribution in [0.4, 0.5) is 5.69 Å². The van der Waals surface area contributed by atoms with Gasteiger partial charge in [0.25, 0.3) is 0 Å². The zero-order chi connectivity index (χ0) is 14.1. The van der Waals surface area contributed by atoms with Gasteiger partial charge in [0, 0.05) is 50.5 Å². The minimum absolute atomic E-state index is 0.287. The van der Waals surface area contributed by atoms with Crippen LogP contribution in [0, 0.1) is 0 Å². The molecule has 1 N–H and O–H groups in total. The van der Waals surface area contributed by atoms with Crippen molar-refractivity contribution in [3.05, 3.63) is 30.0 Å². The van der Waals surface area contributed by atoms with E-state index in [4.69, 9.17) is 4.74 Å². The van der Waals surface area contributed by atoms with Crippen molar-refractivity contribution < 1.29 is 9.53 Å². The zero-order valence-electron chi connectivity index (χ0n) is 11.8. The van der Waals surface area contributed by atoms with Gasteiger partial charge >= 0.3 is 5.97 Å².